The maximum Gasteiger partial charge on any atom is 0.333 e. The van der Waals surface area contributed by atoms with Crippen LogP contribution >= 0.6 is 11.6 Å². The molecule has 150 valence electrons. The SMILES string of the molecule is O=C(NN(Cc1ccc(-c2cccc(Cl)c2)cc1)C[C@@H](O)C(=O)O)c1cnn[nH]1. The van der Waals surface area contributed by atoms with Gasteiger partial charge in [-0.1, -0.05) is 53.2 Å². The van der Waals surface area contributed by atoms with Gasteiger partial charge in [0.25, 0.3) is 5.91 Å². The number of H-pyrrole nitrogens is 1. The Bertz CT molecular complexity index is 979. The summed E-state index contributed by atoms with van der Waals surface area (Å²) in [6.07, 6.45) is -0.429. The lowest BCUT2D eigenvalue weighted by Crippen LogP contribution is -2.47. The second-order valence-corrected chi connectivity index (χ2v) is 6.69. The van der Waals surface area contributed by atoms with E-state index in [2.05, 4.69) is 20.8 Å². The molecule has 0 spiro atoms. The van der Waals surface area contributed by atoms with Crippen molar-refractivity contribution in [2.45, 2.75) is 12.6 Å². The Morgan fingerprint density at radius 2 is 1.93 bits per heavy atom. The molecule has 0 radical (unpaired) electrons. The van der Waals surface area contributed by atoms with Gasteiger partial charge in [0.05, 0.1) is 12.7 Å². The number of benzene rings is 2. The Balaban J connectivity index is 1.73. The fourth-order valence-electron chi connectivity index (χ4n) is 2.64. The first-order valence-corrected chi connectivity index (χ1v) is 8.98. The molecule has 9 nitrogen and oxygen atoms in total. The number of hydrogen-bond donors (Lipinski definition) is 4. The maximum atomic E-state index is 12.2. The number of rotatable bonds is 8. The first kappa shape index (κ1) is 20.5. The molecular formula is C19H18ClN5O4. The number of carboxylic acids is 1. The van der Waals surface area contributed by atoms with Gasteiger partial charge in [-0.3, -0.25) is 15.3 Å². The van der Waals surface area contributed by atoms with Crippen LogP contribution in [0.25, 0.3) is 11.1 Å². The topological polar surface area (TPSA) is 131 Å². The molecule has 0 saturated carbocycles. The number of carboxylic acid groups (broad SMARTS) is 1. The van der Waals surface area contributed by atoms with E-state index in [-0.39, 0.29) is 18.8 Å². The first-order valence-electron chi connectivity index (χ1n) is 8.60. The summed E-state index contributed by atoms with van der Waals surface area (Å²) in [4.78, 5) is 23.2. The lowest BCUT2D eigenvalue weighted by atomic mass is 10.0. The van der Waals surface area contributed by atoms with Gasteiger partial charge in [0.1, 0.15) is 5.69 Å². The molecule has 3 aromatic rings. The van der Waals surface area contributed by atoms with Crippen LogP contribution in [-0.2, 0) is 11.3 Å². The molecule has 2 aromatic carbocycles. The first-order chi connectivity index (χ1) is 13.9. The third kappa shape index (κ3) is 5.61. The van der Waals surface area contributed by atoms with Crippen LogP contribution in [0.1, 0.15) is 16.1 Å². The van der Waals surface area contributed by atoms with E-state index in [0.29, 0.717) is 5.02 Å². The molecule has 0 unspecified atom stereocenters. The number of hydrazine groups is 1. The van der Waals surface area contributed by atoms with Crippen molar-refractivity contribution >= 4 is 23.5 Å². The van der Waals surface area contributed by atoms with Crippen molar-refractivity contribution in [2.75, 3.05) is 6.54 Å². The molecule has 0 bridgehead atoms. The highest BCUT2D eigenvalue weighted by molar-refractivity contribution is 6.30. The Morgan fingerprint density at radius 1 is 1.17 bits per heavy atom. The highest BCUT2D eigenvalue weighted by Gasteiger charge is 2.21. The van der Waals surface area contributed by atoms with Gasteiger partial charge in [0, 0.05) is 11.6 Å². The number of amides is 1. The minimum atomic E-state index is -1.67. The van der Waals surface area contributed by atoms with E-state index in [4.69, 9.17) is 16.7 Å². The van der Waals surface area contributed by atoms with E-state index >= 15 is 0 Å². The lowest BCUT2D eigenvalue weighted by molar-refractivity contribution is -0.148. The second kappa shape index (κ2) is 9.28. The highest BCUT2D eigenvalue weighted by atomic mass is 35.5. The van der Waals surface area contributed by atoms with Crippen LogP contribution in [0.5, 0.6) is 0 Å². The van der Waals surface area contributed by atoms with Crippen LogP contribution < -0.4 is 5.43 Å². The lowest BCUT2D eigenvalue weighted by Gasteiger charge is -2.24. The van der Waals surface area contributed by atoms with Gasteiger partial charge < -0.3 is 10.2 Å². The van der Waals surface area contributed by atoms with Crippen molar-refractivity contribution in [3.05, 3.63) is 71.0 Å². The minimum Gasteiger partial charge on any atom is -0.479 e. The smallest absolute Gasteiger partial charge is 0.333 e. The molecule has 1 heterocycles. The predicted octanol–water partition coefficient (Wildman–Crippen LogP) is 1.72. The number of hydrogen-bond acceptors (Lipinski definition) is 6. The summed E-state index contributed by atoms with van der Waals surface area (Å²) in [5, 5.41) is 30.0. The number of aromatic amines is 1. The van der Waals surface area contributed by atoms with Gasteiger partial charge in [-0.05, 0) is 28.8 Å². The molecule has 1 atom stereocenters. The number of carbonyl (C=O) groups is 2. The Kier molecular flexibility index (Phi) is 6.55. The van der Waals surface area contributed by atoms with Crippen molar-refractivity contribution in [2.24, 2.45) is 0 Å². The number of aliphatic hydroxyl groups excluding tert-OH is 1. The van der Waals surface area contributed by atoms with Crippen LogP contribution in [0.3, 0.4) is 0 Å². The van der Waals surface area contributed by atoms with Crippen molar-refractivity contribution in [3.8, 4) is 11.1 Å². The van der Waals surface area contributed by atoms with E-state index < -0.39 is 18.0 Å². The summed E-state index contributed by atoms with van der Waals surface area (Å²) in [7, 11) is 0. The van der Waals surface area contributed by atoms with E-state index in [1.165, 1.54) is 11.2 Å². The average Bonchev–Trinajstić information content (AvgIpc) is 3.23. The molecule has 0 saturated heterocycles. The van der Waals surface area contributed by atoms with Crippen LogP contribution in [0.15, 0.2) is 54.7 Å². The molecule has 1 aromatic heterocycles. The summed E-state index contributed by atoms with van der Waals surface area (Å²) in [6, 6.07) is 14.9. The summed E-state index contributed by atoms with van der Waals surface area (Å²) in [5.74, 6) is -1.94. The maximum absolute atomic E-state index is 12.2. The molecule has 29 heavy (non-hydrogen) atoms. The zero-order chi connectivity index (χ0) is 20.8. The number of nitrogens with one attached hydrogen (secondary N) is 2. The molecule has 0 aliphatic rings. The van der Waals surface area contributed by atoms with Gasteiger partial charge in [-0.15, -0.1) is 5.10 Å². The molecule has 0 fully saturated rings. The zero-order valence-corrected chi connectivity index (χ0v) is 15.9. The number of nitrogens with zero attached hydrogens (tertiary/aromatic N) is 3. The van der Waals surface area contributed by atoms with Crippen molar-refractivity contribution < 1.29 is 19.8 Å². The molecule has 3 rings (SSSR count). The summed E-state index contributed by atoms with van der Waals surface area (Å²) >= 11 is 6.03. The Labute approximate surface area is 170 Å². The number of aliphatic hydroxyl groups is 1. The summed E-state index contributed by atoms with van der Waals surface area (Å²) in [6.45, 7) is -0.133. The number of halogens is 1. The molecule has 0 aliphatic carbocycles. The van der Waals surface area contributed by atoms with E-state index in [0.717, 1.165) is 16.7 Å². The fourth-order valence-corrected chi connectivity index (χ4v) is 2.83. The monoisotopic (exact) mass is 415 g/mol. The second-order valence-electron chi connectivity index (χ2n) is 6.25. The van der Waals surface area contributed by atoms with Gasteiger partial charge in [0.2, 0.25) is 0 Å². The average molecular weight is 416 g/mol. The van der Waals surface area contributed by atoms with Crippen molar-refractivity contribution in [1.29, 1.82) is 0 Å². The molecule has 4 N–H and O–H groups in total. The standard InChI is InChI=1S/C19H18ClN5O4/c20-15-3-1-2-14(8-15)13-6-4-12(5-7-13)10-25(11-17(26)19(28)29)23-18(27)16-9-21-24-22-16/h1-9,17,26H,10-11H2,(H,23,27)(H,28,29)(H,21,22,24)/t17-/m1/s1. The van der Waals surface area contributed by atoms with E-state index in [9.17, 15) is 14.7 Å². The Hall–Kier alpha value is -3.27. The Morgan fingerprint density at radius 3 is 2.55 bits per heavy atom. The summed E-state index contributed by atoms with van der Waals surface area (Å²) in [5.41, 5.74) is 5.38. The van der Waals surface area contributed by atoms with E-state index in [1.54, 1.807) is 6.07 Å². The van der Waals surface area contributed by atoms with Crippen molar-refractivity contribution in [3.63, 3.8) is 0 Å². The zero-order valence-electron chi connectivity index (χ0n) is 15.1. The quantitative estimate of drug-likeness (QED) is 0.412. The third-order valence-electron chi connectivity index (χ3n) is 4.08. The molecule has 10 heteroatoms. The minimum absolute atomic E-state index is 0.108. The predicted molar refractivity (Wildman–Crippen MR) is 105 cm³/mol. The normalized spacial score (nSPS) is 12.0. The molecule has 0 aliphatic heterocycles. The van der Waals surface area contributed by atoms with Crippen LogP contribution in [-0.4, -0.2) is 55.2 Å². The highest BCUT2D eigenvalue weighted by Crippen LogP contribution is 2.23. The van der Waals surface area contributed by atoms with Crippen LogP contribution in [0.4, 0.5) is 0 Å². The number of aliphatic carboxylic acids is 1. The number of carbonyl (C=O) groups excluding carboxylic acids is 1. The fraction of sp³-hybridized carbons (Fsp3) is 0.158. The van der Waals surface area contributed by atoms with Gasteiger partial charge in [-0.2, -0.15) is 0 Å². The van der Waals surface area contributed by atoms with Crippen LogP contribution in [0, 0.1) is 0 Å². The van der Waals surface area contributed by atoms with Gasteiger partial charge >= 0.3 is 5.97 Å². The van der Waals surface area contributed by atoms with Gasteiger partial charge in [0.15, 0.2) is 6.10 Å². The third-order valence-corrected chi connectivity index (χ3v) is 4.32. The summed E-state index contributed by atoms with van der Waals surface area (Å²) < 4.78 is 0. The molecular weight excluding hydrogens is 398 g/mol. The molecule has 1 amide bonds. The van der Waals surface area contributed by atoms with Gasteiger partial charge in [-0.25, -0.2) is 9.80 Å². The largest absolute Gasteiger partial charge is 0.479 e. The van der Waals surface area contributed by atoms with E-state index in [1.807, 2.05) is 42.5 Å². The number of aromatic nitrogens is 3. The van der Waals surface area contributed by atoms with Crippen LogP contribution in [0.2, 0.25) is 5.02 Å². The van der Waals surface area contributed by atoms with Crippen molar-refractivity contribution in [1.82, 2.24) is 25.8 Å².